The summed E-state index contributed by atoms with van der Waals surface area (Å²) in [6, 6.07) is 5.56. The number of anilines is 1. The fourth-order valence-corrected chi connectivity index (χ4v) is 3.00. The molecule has 0 radical (unpaired) electrons. The maximum absolute atomic E-state index is 12.1. The van der Waals surface area contributed by atoms with Crippen LogP contribution in [-0.4, -0.2) is 56.3 Å². The van der Waals surface area contributed by atoms with E-state index < -0.39 is 0 Å². The largest absolute Gasteiger partial charge is 0.376 e. The van der Waals surface area contributed by atoms with Gasteiger partial charge in [-0.25, -0.2) is 4.98 Å². The maximum Gasteiger partial charge on any atom is 0.254 e. The van der Waals surface area contributed by atoms with Gasteiger partial charge in [0.05, 0.1) is 12.6 Å². The van der Waals surface area contributed by atoms with Gasteiger partial charge in [-0.05, 0) is 31.9 Å². The number of ether oxygens (including phenoxy) is 1. The summed E-state index contributed by atoms with van der Waals surface area (Å²) in [7, 11) is 0. The van der Waals surface area contributed by atoms with Crippen molar-refractivity contribution in [2.75, 3.05) is 25.0 Å². The summed E-state index contributed by atoms with van der Waals surface area (Å²) < 4.78 is 7.11. The van der Waals surface area contributed by atoms with Gasteiger partial charge in [0, 0.05) is 42.9 Å². The van der Waals surface area contributed by atoms with Crippen molar-refractivity contribution in [3.8, 4) is 11.4 Å². The first-order valence-electron chi connectivity index (χ1n) is 8.96. The minimum atomic E-state index is -0.0966. The Bertz CT molecular complexity index is 936. The lowest BCUT2D eigenvalue weighted by Gasteiger charge is -2.12. The first-order valence-corrected chi connectivity index (χ1v) is 8.96. The molecule has 0 aliphatic carbocycles. The third-order valence-electron chi connectivity index (χ3n) is 4.34. The van der Waals surface area contributed by atoms with Crippen LogP contribution in [0.5, 0.6) is 0 Å². The van der Waals surface area contributed by atoms with E-state index in [0.29, 0.717) is 24.0 Å². The van der Waals surface area contributed by atoms with Crippen LogP contribution in [0.2, 0.25) is 0 Å². The van der Waals surface area contributed by atoms with Gasteiger partial charge in [-0.15, -0.1) is 5.10 Å². The number of aryl methyl sites for hydroxylation is 1. The van der Waals surface area contributed by atoms with Crippen LogP contribution in [-0.2, 0) is 9.53 Å². The highest BCUT2D eigenvalue weighted by Gasteiger charge is 2.16. The van der Waals surface area contributed by atoms with E-state index in [1.165, 1.54) is 0 Å². The number of amides is 1. The quantitative estimate of drug-likeness (QED) is 0.674. The number of hydrogen-bond donors (Lipinski definition) is 2. The van der Waals surface area contributed by atoms with Crippen LogP contribution in [0.25, 0.3) is 17.2 Å². The molecular formula is C18H21N7O2. The van der Waals surface area contributed by atoms with Crippen molar-refractivity contribution in [2.24, 2.45) is 0 Å². The average molecular weight is 367 g/mol. The van der Waals surface area contributed by atoms with Crippen LogP contribution in [0, 0.1) is 6.92 Å². The van der Waals surface area contributed by atoms with E-state index in [4.69, 9.17) is 4.74 Å². The third-order valence-corrected chi connectivity index (χ3v) is 4.34. The van der Waals surface area contributed by atoms with Crippen molar-refractivity contribution in [3.05, 3.63) is 36.3 Å². The summed E-state index contributed by atoms with van der Waals surface area (Å²) in [5.41, 5.74) is 1.59. The maximum atomic E-state index is 12.1. The summed E-state index contributed by atoms with van der Waals surface area (Å²) in [6.07, 6.45) is 5.57. The van der Waals surface area contributed by atoms with Gasteiger partial charge >= 0.3 is 0 Å². The fourth-order valence-electron chi connectivity index (χ4n) is 3.00. The van der Waals surface area contributed by atoms with E-state index in [1.54, 1.807) is 16.9 Å². The van der Waals surface area contributed by atoms with E-state index in [9.17, 15) is 4.79 Å². The minimum Gasteiger partial charge on any atom is -0.376 e. The highest BCUT2D eigenvalue weighted by Crippen LogP contribution is 2.17. The van der Waals surface area contributed by atoms with Crippen LogP contribution in [0.4, 0.5) is 5.82 Å². The molecule has 1 fully saturated rings. The van der Waals surface area contributed by atoms with Crippen LogP contribution >= 0.6 is 0 Å². The topological polar surface area (TPSA) is 106 Å². The highest BCUT2D eigenvalue weighted by atomic mass is 16.5. The molecule has 2 N–H and O–H groups in total. The molecule has 1 amide bonds. The number of hydrogen-bond acceptors (Lipinski definition) is 7. The molecule has 0 aromatic carbocycles. The third kappa shape index (κ3) is 4.03. The van der Waals surface area contributed by atoms with E-state index in [-0.39, 0.29) is 18.6 Å². The molecule has 0 saturated carbocycles. The standard InChI is InChI=1S/C18H21N7O2/c1-12-8-15(20-11-16(26)21-10-14-5-3-7-27-14)25-18(22-12)23-17(24-25)13-4-2-6-19-9-13/h2,4,6,8-9,14,20H,3,5,7,10-11H2,1H3,(H,21,26)/t14-/m1/s1. The van der Waals surface area contributed by atoms with Gasteiger partial charge < -0.3 is 15.4 Å². The Kier molecular flexibility index (Phi) is 4.93. The van der Waals surface area contributed by atoms with Gasteiger partial charge in [0.2, 0.25) is 5.91 Å². The molecule has 3 aromatic heterocycles. The lowest BCUT2D eigenvalue weighted by Crippen LogP contribution is -2.35. The molecule has 27 heavy (non-hydrogen) atoms. The lowest BCUT2D eigenvalue weighted by atomic mass is 10.2. The average Bonchev–Trinajstić information content (AvgIpc) is 3.34. The zero-order valence-corrected chi connectivity index (χ0v) is 15.1. The van der Waals surface area contributed by atoms with Crippen molar-refractivity contribution in [3.63, 3.8) is 0 Å². The molecule has 1 saturated heterocycles. The number of nitrogens with one attached hydrogen (secondary N) is 2. The first kappa shape index (κ1) is 17.3. The van der Waals surface area contributed by atoms with Gasteiger partial charge in [0.1, 0.15) is 5.82 Å². The summed E-state index contributed by atoms with van der Waals surface area (Å²) in [5.74, 6) is 1.57. The first-order chi connectivity index (χ1) is 13.2. The number of fused-ring (bicyclic) bond motifs is 1. The van der Waals surface area contributed by atoms with E-state index in [0.717, 1.165) is 30.7 Å². The molecule has 9 heteroatoms. The Morgan fingerprint density at radius 2 is 2.33 bits per heavy atom. The van der Waals surface area contributed by atoms with E-state index in [1.807, 2.05) is 25.1 Å². The number of pyridine rings is 1. The van der Waals surface area contributed by atoms with Crippen molar-refractivity contribution in [1.29, 1.82) is 0 Å². The van der Waals surface area contributed by atoms with Crippen LogP contribution < -0.4 is 10.6 Å². The zero-order chi connectivity index (χ0) is 18.6. The molecule has 1 aliphatic heterocycles. The van der Waals surface area contributed by atoms with Gasteiger partial charge in [-0.2, -0.15) is 9.50 Å². The van der Waals surface area contributed by atoms with E-state index in [2.05, 4.69) is 30.7 Å². The zero-order valence-electron chi connectivity index (χ0n) is 15.1. The molecule has 3 aromatic rings. The van der Waals surface area contributed by atoms with Gasteiger partial charge in [0.25, 0.3) is 5.78 Å². The number of carbonyl (C=O) groups excluding carboxylic acids is 1. The van der Waals surface area contributed by atoms with Crippen LogP contribution in [0.15, 0.2) is 30.6 Å². The Hall–Kier alpha value is -3.07. The molecule has 140 valence electrons. The Morgan fingerprint density at radius 1 is 1.41 bits per heavy atom. The predicted octanol–water partition coefficient (Wildman–Crippen LogP) is 1.20. The fraction of sp³-hybridized carbons (Fsp3) is 0.389. The molecule has 1 aliphatic rings. The lowest BCUT2D eigenvalue weighted by molar-refractivity contribution is -0.119. The summed E-state index contributed by atoms with van der Waals surface area (Å²) in [5, 5.41) is 10.5. The molecule has 4 heterocycles. The Balaban J connectivity index is 1.47. The molecule has 0 unspecified atom stereocenters. The monoisotopic (exact) mass is 367 g/mol. The molecular weight excluding hydrogens is 346 g/mol. The second kappa shape index (κ2) is 7.67. The van der Waals surface area contributed by atoms with Crippen molar-refractivity contribution in [1.82, 2.24) is 29.9 Å². The van der Waals surface area contributed by atoms with Crippen molar-refractivity contribution < 1.29 is 9.53 Å². The molecule has 4 rings (SSSR count). The Labute approximate surface area is 156 Å². The summed E-state index contributed by atoms with van der Waals surface area (Å²) >= 11 is 0. The predicted molar refractivity (Wildman–Crippen MR) is 99.2 cm³/mol. The van der Waals surface area contributed by atoms with E-state index >= 15 is 0 Å². The smallest absolute Gasteiger partial charge is 0.254 e. The van der Waals surface area contributed by atoms with Crippen molar-refractivity contribution in [2.45, 2.75) is 25.9 Å². The molecule has 1 atom stereocenters. The van der Waals surface area contributed by atoms with Crippen LogP contribution in [0.3, 0.4) is 0 Å². The minimum absolute atomic E-state index is 0.0966. The molecule has 0 bridgehead atoms. The highest BCUT2D eigenvalue weighted by molar-refractivity contribution is 5.80. The Morgan fingerprint density at radius 3 is 3.11 bits per heavy atom. The van der Waals surface area contributed by atoms with Crippen LogP contribution in [0.1, 0.15) is 18.5 Å². The number of carbonyl (C=O) groups is 1. The normalized spacial score (nSPS) is 16.6. The number of nitrogens with zero attached hydrogens (tertiary/aromatic N) is 5. The summed E-state index contributed by atoms with van der Waals surface area (Å²) in [4.78, 5) is 25.1. The molecule has 9 nitrogen and oxygen atoms in total. The van der Waals surface area contributed by atoms with Gasteiger partial charge in [-0.1, -0.05) is 0 Å². The van der Waals surface area contributed by atoms with Gasteiger partial charge in [0.15, 0.2) is 5.82 Å². The number of aromatic nitrogens is 5. The number of rotatable bonds is 6. The molecule has 0 spiro atoms. The van der Waals surface area contributed by atoms with Crippen molar-refractivity contribution >= 4 is 17.5 Å². The van der Waals surface area contributed by atoms with Gasteiger partial charge in [-0.3, -0.25) is 9.78 Å². The SMILES string of the molecule is Cc1cc(NCC(=O)NC[C@H]2CCCO2)n2nc(-c3cccnc3)nc2n1. The second-order valence-corrected chi connectivity index (χ2v) is 6.46. The summed E-state index contributed by atoms with van der Waals surface area (Å²) in [6.45, 7) is 3.33. The second-order valence-electron chi connectivity index (χ2n) is 6.46.